The quantitative estimate of drug-likeness (QED) is 0.837. The molecule has 3 aliphatic rings. The molecule has 144 valence electrons. The van der Waals surface area contributed by atoms with Gasteiger partial charge in [0.25, 0.3) is 0 Å². The summed E-state index contributed by atoms with van der Waals surface area (Å²) in [5.41, 5.74) is 9.53. The van der Waals surface area contributed by atoms with Crippen molar-refractivity contribution in [2.45, 2.75) is 30.6 Å². The van der Waals surface area contributed by atoms with E-state index in [1.165, 1.54) is 23.4 Å². The molecule has 2 aromatic rings. The molecular weight excluding hydrogens is 373 g/mol. The first-order valence-electron chi connectivity index (χ1n) is 9.43. The first kappa shape index (κ1) is 17.7. The number of hydrogen-bond donors (Lipinski definition) is 1. The Kier molecular flexibility index (Phi) is 3.69. The van der Waals surface area contributed by atoms with E-state index in [0.29, 0.717) is 22.8 Å². The third kappa shape index (κ3) is 2.37. The van der Waals surface area contributed by atoms with Crippen LogP contribution in [0, 0.1) is 11.8 Å². The third-order valence-electron chi connectivity index (χ3n) is 6.63. The normalized spacial score (nSPS) is 32.9. The summed E-state index contributed by atoms with van der Waals surface area (Å²) in [5, 5.41) is 0.670. The predicted octanol–water partition coefficient (Wildman–Crippen LogP) is 4.40. The van der Waals surface area contributed by atoms with E-state index >= 15 is 0 Å². The van der Waals surface area contributed by atoms with Crippen LogP contribution in [0.1, 0.15) is 36.2 Å². The van der Waals surface area contributed by atoms with Gasteiger partial charge in [-0.1, -0.05) is 30.8 Å². The highest BCUT2D eigenvalue weighted by molar-refractivity contribution is 8.15. The lowest BCUT2D eigenvalue weighted by Crippen LogP contribution is -2.45. The number of fused-ring (bicyclic) bond motifs is 4. The zero-order chi connectivity index (χ0) is 19.7. The van der Waals surface area contributed by atoms with Crippen LogP contribution < -0.4 is 10.5 Å². The molecule has 2 aliphatic carbocycles. The summed E-state index contributed by atoms with van der Waals surface area (Å²) in [6, 6.07) is 9.43. The summed E-state index contributed by atoms with van der Waals surface area (Å²) < 4.78 is 20.0. The summed E-state index contributed by atoms with van der Waals surface area (Å²) in [5.74, 6) is 1.28. The first-order chi connectivity index (χ1) is 13.4. The molecule has 2 heterocycles. The number of pyridine rings is 1. The van der Waals surface area contributed by atoms with E-state index in [1.807, 2.05) is 6.07 Å². The van der Waals surface area contributed by atoms with Gasteiger partial charge in [-0.15, -0.1) is 0 Å². The maximum absolute atomic E-state index is 14.7. The Morgan fingerprint density at radius 3 is 2.89 bits per heavy atom. The topological polar surface area (TPSA) is 60.5 Å². The number of ether oxygens (including phenoxy) is 1. The Bertz CT molecular complexity index is 1030. The molecule has 1 fully saturated rings. The molecule has 1 aromatic heterocycles. The number of nitrogens with two attached hydrogens (primary N) is 1. The SMILES string of the molecule is COc1ccc(/C(F)=C/c2ccc3c(c2)[C@@]2(C3)N=C(N)S[C@@]3(C)C(C)C32)nc1. The molecule has 5 rings (SSSR count). The first-order valence-corrected chi connectivity index (χ1v) is 10.2. The van der Waals surface area contributed by atoms with Gasteiger partial charge in [-0.2, -0.15) is 0 Å². The van der Waals surface area contributed by atoms with Crippen molar-refractivity contribution in [2.75, 3.05) is 7.11 Å². The van der Waals surface area contributed by atoms with Crippen molar-refractivity contribution in [2.24, 2.45) is 22.6 Å². The molecule has 1 spiro atoms. The maximum atomic E-state index is 14.7. The lowest BCUT2D eigenvalue weighted by molar-refractivity contribution is 0.313. The molecule has 1 aromatic carbocycles. The molecule has 1 aliphatic heterocycles. The maximum Gasteiger partial charge on any atom is 0.155 e. The fourth-order valence-electron chi connectivity index (χ4n) is 5.02. The number of hydrogen-bond acceptors (Lipinski definition) is 5. The average Bonchev–Trinajstić information content (AvgIpc) is 3.22. The smallest absolute Gasteiger partial charge is 0.155 e. The standard InChI is InChI=1S/C22H22FN3OS/c1-12-19-21(12,2)28-20(24)26-22(19)10-14-5-4-13(8-16(14)22)9-17(23)18-7-6-15(27-3)11-25-18/h4-9,11-12,19H,10H2,1-3H3,(H2,24,26)/b17-9-/t12?,19?,21-,22+/m0/s1. The van der Waals surface area contributed by atoms with Crippen LogP contribution >= 0.6 is 11.8 Å². The van der Waals surface area contributed by atoms with Crippen LogP contribution in [0.15, 0.2) is 41.5 Å². The molecule has 0 bridgehead atoms. The van der Waals surface area contributed by atoms with Crippen LogP contribution in [0.5, 0.6) is 5.75 Å². The van der Waals surface area contributed by atoms with Crippen LogP contribution in [-0.4, -0.2) is 22.0 Å². The second-order valence-electron chi connectivity index (χ2n) is 8.10. The van der Waals surface area contributed by atoms with E-state index in [4.69, 9.17) is 15.5 Å². The van der Waals surface area contributed by atoms with Crippen molar-refractivity contribution in [3.8, 4) is 5.75 Å². The highest BCUT2D eigenvalue weighted by Gasteiger charge is 2.72. The van der Waals surface area contributed by atoms with Crippen LogP contribution in [0.3, 0.4) is 0 Å². The summed E-state index contributed by atoms with van der Waals surface area (Å²) in [6.07, 6.45) is 3.96. The number of rotatable bonds is 3. The van der Waals surface area contributed by atoms with Gasteiger partial charge in [0.1, 0.15) is 11.6 Å². The number of thioether (sulfide) groups is 1. The zero-order valence-electron chi connectivity index (χ0n) is 16.1. The van der Waals surface area contributed by atoms with Crippen molar-refractivity contribution in [1.82, 2.24) is 4.98 Å². The third-order valence-corrected chi connectivity index (χ3v) is 8.00. The monoisotopic (exact) mass is 395 g/mol. The minimum atomic E-state index is -0.372. The van der Waals surface area contributed by atoms with Crippen LogP contribution in [0.4, 0.5) is 4.39 Å². The van der Waals surface area contributed by atoms with Gasteiger partial charge in [0, 0.05) is 17.1 Å². The molecule has 6 heteroatoms. The van der Waals surface area contributed by atoms with Crippen LogP contribution in [0.2, 0.25) is 0 Å². The zero-order valence-corrected chi connectivity index (χ0v) is 16.9. The van der Waals surface area contributed by atoms with Crippen molar-refractivity contribution in [3.63, 3.8) is 0 Å². The Balaban J connectivity index is 1.49. The van der Waals surface area contributed by atoms with Gasteiger partial charge in [0.05, 0.1) is 24.5 Å². The van der Waals surface area contributed by atoms with E-state index in [-0.39, 0.29) is 21.8 Å². The summed E-state index contributed by atoms with van der Waals surface area (Å²) in [4.78, 5) is 9.01. The molecule has 1 saturated carbocycles. The minimum Gasteiger partial charge on any atom is -0.495 e. The molecule has 2 N–H and O–H groups in total. The molecule has 4 atom stereocenters. The molecule has 0 amide bonds. The molecule has 4 nitrogen and oxygen atoms in total. The highest BCUT2D eigenvalue weighted by atomic mass is 32.2. The average molecular weight is 396 g/mol. The van der Waals surface area contributed by atoms with Crippen LogP contribution in [-0.2, 0) is 12.0 Å². The van der Waals surface area contributed by atoms with Crippen molar-refractivity contribution < 1.29 is 9.13 Å². The van der Waals surface area contributed by atoms with Gasteiger partial charge in [0.15, 0.2) is 5.17 Å². The lowest BCUT2D eigenvalue weighted by Gasteiger charge is -2.45. The Labute approximate surface area is 168 Å². The molecular formula is C22H22FN3OS. The number of aromatic nitrogens is 1. The molecule has 2 unspecified atom stereocenters. The molecule has 0 radical (unpaired) electrons. The summed E-state index contributed by atoms with van der Waals surface area (Å²) >= 11 is 1.70. The van der Waals surface area contributed by atoms with Gasteiger partial charge < -0.3 is 10.5 Å². The largest absolute Gasteiger partial charge is 0.495 e. The summed E-state index contributed by atoms with van der Waals surface area (Å²) in [6.45, 7) is 4.57. The number of methoxy groups -OCH3 is 1. The molecule has 28 heavy (non-hydrogen) atoms. The van der Waals surface area contributed by atoms with Gasteiger partial charge in [-0.3, -0.25) is 4.99 Å². The van der Waals surface area contributed by atoms with E-state index in [2.05, 4.69) is 31.0 Å². The minimum absolute atomic E-state index is 0.160. The van der Waals surface area contributed by atoms with Crippen molar-refractivity contribution >= 4 is 28.8 Å². The van der Waals surface area contributed by atoms with E-state index in [0.717, 1.165) is 12.0 Å². The fraction of sp³-hybridized carbons (Fsp3) is 0.364. The Hall–Kier alpha value is -2.34. The predicted molar refractivity (Wildman–Crippen MR) is 112 cm³/mol. The van der Waals surface area contributed by atoms with Crippen molar-refractivity contribution in [1.29, 1.82) is 0 Å². The van der Waals surface area contributed by atoms with Gasteiger partial charge in [0.2, 0.25) is 0 Å². The van der Waals surface area contributed by atoms with E-state index in [9.17, 15) is 4.39 Å². The Morgan fingerprint density at radius 2 is 2.18 bits per heavy atom. The molecule has 0 saturated heterocycles. The van der Waals surface area contributed by atoms with Crippen LogP contribution in [0.25, 0.3) is 11.9 Å². The van der Waals surface area contributed by atoms with Gasteiger partial charge >= 0.3 is 0 Å². The van der Waals surface area contributed by atoms with Gasteiger partial charge in [-0.05, 0) is 53.8 Å². The number of nitrogens with zero attached hydrogens (tertiary/aromatic N) is 2. The number of aliphatic imine (C=N–C) groups is 1. The van der Waals surface area contributed by atoms with E-state index < -0.39 is 0 Å². The summed E-state index contributed by atoms with van der Waals surface area (Å²) in [7, 11) is 1.56. The second kappa shape index (κ2) is 5.83. The second-order valence-corrected chi connectivity index (χ2v) is 9.60. The number of benzene rings is 1. The Morgan fingerprint density at radius 1 is 1.36 bits per heavy atom. The number of amidine groups is 1. The highest BCUT2D eigenvalue weighted by Crippen LogP contribution is 2.72. The fourth-order valence-corrected chi connectivity index (χ4v) is 6.45. The lowest BCUT2D eigenvalue weighted by atomic mass is 9.66. The number of halogens is 1. The van der Waals surface area contributed by atoms with Crippen molar-refractivity contribution in [3.05, 3.63) is 58.9 Å². The van der Waals surface area contributed by atoms with Gasteiger partial charge in [-0.25, -0.2) is 9.37 Å². The van der Waals surface area contributed by atoms with E-state index in [1.54, 1.807) is 31.0 Å².